The van der Waals surface area contributed by atoms with E-state index in [0.29, 0.717) is 5.56 Å². The molecule has 0 atom stereocenters. The first-order valence-electron chi connectivity index (χ1n) is 4.89. The van der Waals surface area contributed by atoms with Crippen molar-refractivity contribution in [2.24, 2.45) is 0 Å². The van der Waals surface area contributed by atoms with Crippen molar-refractivity contribution >= 4 is 15.8 Å². The van der Waals surface area contributed by atoms with Crippen LogP contribution >= 0.6 is 0 Å². The van der Waals surface area contributed by atoms with Crippen LogP contribution in [-0.2, 0) is 15.6 Å². The Morgan fingerprint density at radius 1 is 1.38 bits per heavy atom. The van der Waals surface area contributed by atoms with Gasteiger partial charge < -0.3 is 5.11 Å². The monoisotopic (exact) mass is 242 g/mol. The van der Waals surface area contributed by atoms with Crippen LogP contribution in [0.4, 0.5) is 0 Å². The number of hydrogen-bond acceptors (Lipinski definition) is 3. The minimum atomic E-state index is -3.20. The number of carboxylic acids is 1. The molecule has 4 nitrogen and oxygen atoms in total. The van der Waals surface area contributed by atoms with Gasteiger partial charge in [0.15, 0.2) is 9.84 Å². The predicted octanol–water partition coefficient (Wildman–Crippen LogP) is 1.63. The standard InChI is InChI=1S/C11H14O4S/c1-3-16(14,15)7-9-5-4-8(2)6-10(9)11(12)13/h4-6H,3,7H2,1-2H3,(H,12,13). The highest BCUT2D eigenvalue weighted by molar-refractivity contribution is 7.90. The van der Waals surface area contributed by atoms with E-state index < -0.39 is 15.8 Å². The van der Waals surface area contributed by atoms with Crippen molar-refractivity contribution in [1.82, 2.24) is 0 Å². The molecule has 0 saturated heterocycles. The highest BCUT2D eigenvalue weighted by Crippen LogP contribution is 2.15. The van der Waals surface area contributed by atoms with Gasteiger partial charge in [0, 0.05) is 5.75 Å². The molecule has 0 aliphatic carbocycles. The maximum absolute atomic E-state index is 11.4. The van der Waals surface area contributed by atoms with Crippen LogP contribution in [0.1, 0.15) is 28.4 Å². The van der Waals surface area contributed by atoms with Crippen LogP contribution < -0.4 is 0 Å². The third kappa shape index (κ3) is 3.06. The minimum Gasteiger partial charge on any atom is -0.478 e. The Morgan fingerprint density at radius 3 is 2.50 bits per heavy atom. The zero-order chi connectivity index (χ0) is 12.3. The second-order valence-electron chi connectivity index (χ2n) is 3.64. The van der Waals surface area contributed by atoms with Crippen LogP contribution in [0.2, 0.25) is 0 Å². The van der Waals surface area contributed by atoms with Crippen LogP contribution in [0.15, 0.2) is 18.2 Å². The molecule has 1 N–H and O–H groups in total. The van der Waals surface area contributed by atoms with Gasteiger partial charge in [0.05, 0.1) is 11.3 Å². The fraction of sp³-hybridized carbons (Fsp3) is 0.364. The lowest BCUT2D eigenvalue weighted by molar-refractivity contribution is 0.0696. The summed E-state index contributed by atoms with van der Waals surface area (Å²) >= 11 is 0. The van der Waals surface area contributed by atoms with Crippen LogP contribution in [0.3, 0.4) is 0 Å². The molecule has 0 radical (unpaired) electrons. The Balaban J connectivity index is 3.19. The van der Waals surface area contributed by atoms with Gasteiger partial charge in [-0.25, -0.2) is 13.2 Å². The van der Waals surface area contributed by atoms with E-state index in [1.54, 1.807) is 26.0 Å². The predicted molar refractivity (Wildman–Crippen MR) is 61.3 cm³/mol. The topological polar surface area (TPSA) is 71.4 Å². The maximum atomic E-state index is 11.4. The highest BCUT2D eigenvalue weighted by Gasteiger charge is 2.16. The number of aromatic carboxylic acids is 1. The van der Waals surface area contributed by atoms with Gasteiger partial charge in [-0.05, 0) is 18.6 Å². The lowest BCUT2D eigenvalue weighted by Crippen LogP contribution is -2.11. The van der Waals surface area contributed by atoms with Crippen molar-refractivity contribution in [1.29, 1.82) is 0 Å². The average Bonchev–Trinajstić information content (AvgIpc) is 2.20. The van der Waals surface area contributed by atoms with Crippen LogP contribution in [0, 0.1) is 6.92 Å². The summed E-state index contributed by atoms with van der Waals surface area (Å²) in [5.74, 6) is -1.30. The maximum Gasteiger partial charge on any atom is 0.336 e. The number of carbonyl (C=O) groups is 1. The normalized spacial score (nSPS) is 11.4. The van der Waals surface area contributed by atoms with Gasteiger partial charge in [0.2, 0.25) is 0 Å². The zero-order valence-electron chi connectivity index (χ0n) is 9.23. The van der Waals surface area contributed by atoms with Crippen molar-refractivity contribution in [3.63, 3.8) is 0 Å². The molecule has 0 spiro atoms. The third-order valence-electron chi connectivity index (χ3n) is 2.31. The minimum absolute atomic E-state index is 0.0138. The molecular formula is C11H14O4S. The molecule has 1 aromatic carbocycles. The Hall–Kier alpha value is -1.36. The first kappa shape index (κ1) is 12.7. The van der Waals surface area contributed by atoms with E-state index in [9.17, 15) is 13.2 Å². The molecule has 0 saturated carbocycles. The van der Waals surface area contributed by atoms with Crippen LogP contribution in [0.5, 0.6) is 0 Å². The quantitative estimate of drug-likeness (QED) is 0.871. The summed E-state index contributed by atoms with van der Waals surface area (Å²) in [6.45, 7) is 3.31. The average molecular weight is 242 g/mol. The lowest BCUT2D eigenvalue weighted by atomic mass is 10.1. The summed E-state index contributed by atoms with van der Waals surface area (Å²) in [7, 11) is -3.20. The summed E-state index contributed by atoms with van der Waals surface area (Å²) < 4.78 is 22.9. The molecule has 1 aromatic rings. The van der Waals surface area contributed by atoms with Crippen LogP contribution in [0.25, 0.3) is 0 Å². The SMILES string of the molecule is CCS(=O)(=O)Cc1ccc(C)cc1C(=O)O. The molecule has 1 rings (SSSR count). The summed E-state index contributed by atoms with van der Waals surface area (Å²) in [5.41, 5.74) is 1.21. The van der Waals surface area contributed by atoms with Gasteiger partial charge in [-0.1, -0.05) is 24.6 Å². The van der Waals surface area contributed by atoms with E-state index in [0.717, 1.165) is 5.56 Å². The molecule has 0 heterocycles. The molecule has 0 amide bonds. The van der Waals surface area contributed by atoms with Crippen LogP contribution in [-0.4, -0.2) is 25.2 Å². The highest BCUT2D eigenvalue weighted by atomic mass is 32.2. The van der Waals surface area contributed by atoms with Crippen molar-refractivity contribution in [3.05, 3.63) is 34.9 Å². The van der Waals surface area contributed by atoms with E-state index in [1.165, 1.54) is 6.07 Å². The van der Waals surface area contributed by atoms with Gasteiger partial charge >= 0.3 is 5.97 Å². The number of carboxylic acid groups (broad SMARTS) is 1. The van der Waals surface area contributed by atoms with Gasteiger partial charge in [-0.15, -0.1) is 0 Å². The van der Waals surface area contributed by atoms with E-state index in [-0.39, 0.29) is 17.1 Å². The summed E-state index contributed by atoms with van der Waals surface area (Å²) in [5, 5.41) is 8.96. The number of rotatable bonds is 4. The van der Waals surface area contributed by atoms with E-state index in [1.807, 2.05) is 0 Å². The second kappa shape index (κ2) is 4.65. The molecule has 5 heteroatoms. The smallest absolute Gasteiger partial charge is 0.336 e. The fourth-order valence-electron chi connectivity index (χ4n) is 1.35. The number of aryl methyl sites for hydroxylation is 1. The molecule has 0 fully saturated rings. The number of benzene rings is 1. The van der Waals surface area contributed by atoms with Gasteiger partial charge in [0.25, 0.3) is 0 Å². The van der Waals surface area contributed by atoms with Crippen molar-refractivity contribution in [2.75, 3.05) is 5.75 Å². The summed E-state index contributed by atoms with van der Waals surface area (Å²) in [6, 6.07) is 4.77. The molecule has 88 valence electrons. The number of hydrogen-bond donors (Lipinski definition) is 1. The summed E-state index contributed by atoms with van der Waals surface area (Å²) in [6.07, 6.45) is 0. The molecule has 0 bridgehead atoms. The molecule has 16 heavy (non-hydrogen) atoms. The fourth-order valence-corrected chi connectivity index (χ4v) is 2.28. The number of sulfone groups is 1. The zero-order valence-corrected chi connectivity index (χ0v) is 10.0. The molecular weight excluding hydrogens is 228 g/mol. The van der Waals surface area contributed by atoms with Crippen molar-refractivity contribution in [3.8, 4) is 0 Å². The Bertz CT molecular complexity index is 503. The Kier molecular flexibility index (Phi) is 3.70. The Morgan fingerprint density at radius 2 is 2.00 bits per heavy atom. The van der Waals surface area contributed by atoms with E-state index in [2.05, 4.69) is 0 Å². The first-order valence-corrected chi connectivity index (χ1v) is 6.71. The summed E-state index contributed by atoms with van der Waals surface area (Å²) in [4.78, 5) is 11.0. The molecule has 0 aromatic heterocycles. The van der Waals surface area contributed by atoms with E-state index in [4.69, 9.17) is 5.11 Å². The molecule has 0 aliphatic heterocycles. The largest absolute Gasteiger partial charge is 0.478 e. The van der Waals surface area contributed by atoms with E-state index >= 15 is 0 Å². The van der Waals surface area contributed by atoms with Crippen molar-refractivity contribution < 1.29 is 18.3 Å². The second-order valence-corrected chi connectivity index (χ2v) is 6.00. The van der Waals surface area contributed by atoms with Gasteiger partial charge in [-0.2, -0.15) is 0 Å². The Labute approximate surface area is 94.8 Å². The molecule has 0 aliphatic rings. The van der Waals surface area contributed by atoms with Gasteiger partial charge in [-0.3, -0.25) is 0 Å². The first-order chi connectivity index (χ1) is 7.35. The third-order valence-corrected chi connectivity index (χ3v) is 3.94. The van der Waals surface area contributed by atoms with Gasteiger partial charge in [0.1, 0.15) is 0 Å². The molecule has 0 unspecified atom stereocenters. The lowest BCUT2D eigenvalue weighted by Gasteiger charge is -2.07. The van der Waals surface area contributed by atoms with Crippen molar-refractivity contribution in [2.45, 2.75) is 19.6 Å².